The van der Waals surface area contributed by atoms with Crippen molar-refractivity contribution in [3.63, 3.8) is 0 Å². The van der Waals surface area contributed by atoms with Gasteiger partial charge in [-0.25, -0.2) is 4.98 Å². The van der Waals surface area contributed by atoms with Crippen LogP contribution < -0.4 is 10.2 Å². The van der Waals surface area contributed by atoms with Crippen molar-refractivity contribution in [2.45, 2.75) is 52.9 Å². The van der Waals surface area contributed by atoms with Gasteiger partial charge in [0.1, 0.15) is 18.0 Å². The number of likely N-dealkylation sites (tertiary alicyclic amines) is 1. The van der Waals surface area contributed by atoms with E-state index in [1.54, 1.807) is 48.3 Å². The molecule has 244 valence electrons. The van der Waals surface area contributed by atoms with Crippen molar-refractivity contribution in [3.8, 4) is 28.6 Å². The Balaban J connectivity index is 1.43. The lowest BCUT2D eigenvalue weighted by atomic mass is 9.96. The monoisotopic (exact) mass is 642 g/mol. The van der Waals surface area contributed by atoms with Gasteiger partial charge in [0.2, 0.25) is 0 Å². The lowest BCUT2D eigenvalue weighted by Crippen LogP contribution is -2.33. The third-order valence-corrected chi connectivity index (χ3v) is 8.75. The molecule has 4 aromatic rings. The van der Waals surface area contributed by atoms with E-state index in [1.807, 2.05) is 19.9 Å². The molecule has 0 aliphatic carbocycles. The summed E-state index contributed by atoms with van der Waals surface area (Å²) < 4.78 is 45.3. The largest absolute Gasteiger partial charge is 0.416 e. The number of halogens is 3. The van der Waals surface area contributed by atoms with Crippen molar-refractivity contribution in [2.75, 3.05) is 29.9 Å². The van der Waals surface area contributed by atoms with Crippen LogP contribution >= 0.6 is 0 Å². The zero-order valence-electron chi connectivity index (χ0n) is 26.9. The van der Waals surface area contributed by atoms with Crippen LogP contribution in [0.3, 0.4) is 0 Å². The second kappa shape index (κ2) is 12.8. The maximum atomic E-state index is 14.5. The molecule has 2 aliphatic heterocycles. The number of nitriles is 1. The number of carbonyl (C=O) groups excluding carboxylic acids is 1. The van der Waals surface area contributed by atoms with Gasteiger partial charge in [-0.2, -0.15) is 18.4 Å². The Morgan fingerprint density at radius 1 is 1.11 bits per heavy atom. The van der Waals surface area contributed by atoms with E-state index in [2.05, 4.69) is 33.4 Å². The summed E-state index contributed by atoms with van der Waals surface area (Å²) in [5.41, 5.74) is 2.14. The molecule has 0 radical (unpaired) electrons. The first-order valence-corrected chi connectivity index (χ1v) is 15.8. The predicted molar refractivity (Wildman–Crippen MR) is 173 cm³/mol. The van der Waals surface area contributed by atoms with Crippen LogP contribution in [-0.4, -0.2) is 50.2 Å². The van der Waals surface area contributed by atoms with Gasteiger partial charge in [0.25, 0.3) is 5.91 Å². The van der Waals surface area contributed by atoms with E-state index in [-0.39, 0.29) is 29.4 Å². The van der Waals surface area contributed by atoms with Crippen molar-refractivity contribution in [1.29, 1.82) is 5.26 Å². The van der Waals surface area contributed by atoms with Crippen LogP contribution in [0.2, 0.25) is 0 Å². The summed E-state index contributed by atoms with van der Waals surface area (Å²) in [6, 6.07) is 13.7. The molecule has 2 aromatic heterocycles. The molecule has 12 heteroatoms. The summed E-state index contributed by atoms with van der Waals surface area (Å²) in [6.07, 6.45) is -0.967. The molecular weight excluding hydrogens is 605 g/mol. The minimum Gasteiger partial charge on any atom is -0.370 e. The number of hydrogen-bond donors (Lipinski definition) is 1. The van der Waals surface area contributed by atoms with Crippen molar-refractivity contribution < 1.29 is 18.0 Å². The number of aromatic nitrogens is 4. The highest BCUT2D eigenvalue weighted by molar-refractivity contribution is 6.10. The molecule has 0 saturated carbocycles. The number of benzene rings is 2. The lowest BCUT2D eigenvalue weighted by molar-refractivity contribution is -0.138. The fourth-order valence-electron chi connectivity index (χ4n) is 6.47. The van der Waals surface area contributed by atoms with Crippen LogP contribution in [0, 0.1) is 23.2 Å². The number of alkyl halides is 3. The highest BCUT2D eigenvalue weighted by Gasteiger charge is 2.41. The smallest absolute Gasteiger partial charge is 0.370 e. The molecule has 1 atom stereocenters. The first kappa shape index (κ1) is 32.2. The number of nitrogens with zero attached hydrogens (tertiary/aromatic N) is 7. The van der Waals surface area contributed by atoms with E-state index in [4.69, 9.17) is 4.98 Å². The Bertz CT molecular complexity index is 1860. The molecule has 1 saturated heterocycles. The van der Waals surface area contributed by atoms with Crippen LogP contribution in [-0.2, 0) is 26.3 Å². The minimum absolute atomic E-state index is 0.0414. The molecule has 1 N–H and O–H groups in total. The average molecular weight is 643 g/mol. The molecule has 0 bridgehead atoms. The topological polar surface area (TPSA) is 103 Å². The number of rotatable bonds is 8. The van der Waals surface area contributed by atoms with E-state index < -0.39 is 17.6 Å². The third kappa shape index (κ3) is 6.72. The number of aryl methyl sites for hydroxylation is 1. The molecule has 2 aliphatic rings. The molecule has 0 spiro atoms. The highest BCUT2D eigenvalue weighted by Crippen LogP contribution is 2.41. The van der Waals surface area contributed by atoms with Gasteiger partial charge in [-0.15, -0.1) is 10.2 Å². The van der Waals surface area contributed by atoms with Crippen LogP contribution in [0.5, 0.6) is 0 Å². The fourth-order valence-corrected chi connectivity index (χ4v) is 6.47. The van der Waals surface area contributed by atoms with Crippen LogP contribution in [0.4, 0.5) is 24.8 Å². The predicted octanol–water partition coefficient (Wildman–Crippen LogP) is 6.89. The summed E-state index contributed by atoms with van der Waals surface area (Å²) in [4.78, 5) is 22.2. The summed E-state index contributed by atoms with van der Waals surface area (Å²) in [5, 5.41) is 21.2. The molecule has 1 fully saturated rings. The van der Waals surface area contributed by atoms with Gasteiger partial charge in [0.05, 0.1) is 23.7 Å². The van der Waals surface area contributed by atoms with E-state index in [0.717, 1.165) is 25.9 Å². The maximum Gasteiger partial charge on any atom is 0.416 e. The molecule has 9 nitrogen and oxygen atoms in total. The molecule has 47 heavy (non-hydrogen) atoms. The van der Waals surface area contributed by atoms with Crippen LogP contribution in [0.1, 0.15) is 66.2 Å². The first-order chi connectivity index (χ1) is 22.4. The first-order valence-electron chi connectivity index (χ1n) is 15.8. The van der Waals surface area contributed by atoms with Gasteiger partial charge in [-0.1, -0.05) is 26.8 Å². The number of fused-ring (bicyclic) bond motifs is 1. The van der Waals surface area contributed by atoms with E-state index in [0.29, 0.717) is 58.5 Å². The average Bonchev–Trinajstić information content (AvgIpc) is 3.61. The molecule has 2 aromatic carbocycles. The Labute approximate surface area is 272 Å². The SMILES string of the molecule is CC(C)CNc1cc(-c2ccc(C#N)cc2-c2nncn2C)cc(N2Cc3c(cc(CN4CCC[C@H](C)C4)cc3C(F)(F)F)C2=O)n1. The van der Waals surface area contributed by atoms with E-state index in [9.17, 15) is 23.2 Å². The van der Waals surface area contributed by atoms with E-state index >= 15 is 0 Å². The summed E-state index contributed by atoms with van der Waals surface area (Å²) in [5.74, 6) is 1.46. The Morgan fingerprint density at radius 3 is 2.60 bits per heavy atom. The fraction of sp³-hybridized carbons (Fsp3) is 0.400. The standard InChI is InChI=1S/C35H37F3N8O/c1-21(2)16-40-31-13-25(26-8-7-23(15-39)10-27(26)33-43-41-20-44(33)4)14-32(42-31)46-19-29-28(34(46)47)11-24(12-30(29)35(36,37)38)18-45-9-5-6-22(3)17-45/h7-8,10-14,20-22H,5-6,9,16-19H2,1-4H3,(H,40,42)/t22-/m0/s1. The quantitative estimate of drug-likeness (QED) is 0.223. The zero-order valence-corrected chi connectivity index (χ0v) is 26.9. The van der Waals surface area contributed by atoms with Crippen LogP contribution in [0.25, 0.3) is 22.5 Å². The second-order valence-electron chi connectivity index (χ2n) is 13.1. The van der Waals surface area contributed by atoms with Crippen molar-refractivity contribution in [3.05, 3.63) is 76.6 Å². The van der Waals surface area contributed by atoms with Crippen molar-refractivity contribution in [2.24, 2.45) is 18.9 Å². The molecule has 4 heterocycles. The van der Waals surface area contributed by atoms with Crippen LogP contribution in [0.15, 0.2) is 48.8 Å². The summed E-state index contributed by atoms with van der Waals surface area (Å²) in [6.45, 7) is 8.56. The van der Waals surface area contributed by atoms with Crippen molar-refractivity contribution in [1.82, 2.24) is 24.6 Å². The molecule has 0 unspecified atom stereocenters. The highest BCUT2D eigenvalue weighted by atomic mass is 19.4. The Kier molecular flexibility index (Phi) is 8.76. The number of hydrogen-bond acceptors (Lipinski definition) is 7. The van der Waals surface area contributed by atoms with Gasteiger partial charge in [-0.3, -0.25) is 14.6 Å². The normalized spacial score (nSPS) is 16.9. The van der Waals surface area contributed by atoms with Gasteiger partial charge in [0.15, 0.2) is 5.82 Å². The third-order valence-electron chi connectivity index (χ3n) is 8.75. The van der Waals surface area contributed by atoms with Gasteiger partial charge >= 0.3 is 6.18 Å². The molecule has 1 amide bonds. The molecular formula is C35H37F3N8O. The number of piperidine rings is 1. The van der Waals surface area contributed by atoms with Gasteiger partial charge < -0.3 is 9.88 Å². The number of amides is 1. The van der Waals surface area contributed by atoms with E-state index in [1.165, 1.54) is 11.0 Å². The second-order valence-corrected chi connectivity index (χ2v) is 13.1. The number of carbonyl (C=O) groups is 1. The number of anilines is 2. The number of pyridine rings is 1. The Hall–Kier alpha value is -4.76. The lowest BCUT2D eigenvalue weighted by Gasteiger charge is -2.31. The van der Waals surface area contributed by atoms with Crippen molar-refractivity contribution >= 4 is 17.5 Å². The summed E-state index contributed by atoms with van der Waals surface area (Å²) in [7, 11) is 1.80. The Morgan fingerprint density at radius 2 is 1.91 bits per heavy atom. The minimum atomic E-state index is -4.63. The maximum absolute atomic E-state index is 14.5. The summed E-state index contributed by atoms with van der Waals surface area (Å²) >= 11 is 0. The van der Waals surface area contributed by atoms with Gasteiger partial charge in [0, 0.05) is 37.8 Å². The molecule has 6 rings (SSSR count). The van der Waals surface area contributed by atoms with Gasteiger partial charge in [-0.05, 0) is 89.9 Å². The number of nitrogens with one attached hydrogen (secondary N) is 1. The zero-order chi connectivity index (χ0) is 33.5.